The third-order valence-corrected chi connectivity index (χ3v) is 5.51. The van der Waals surface area contributed by atoms with Crippen LogP contribution in [0.25, 0.3) is 5.57 Å². The van der Waals surface area contributed by atoms with E-state index in [0.717, 1.165) is 10.6 Å². The molecule has 156 valence electrons. The maximum Gasteiger partial charge on any atom is 0.282 e. The second kappa shape index (κ2) is 8.66. The van der Waals surface area contributed by atoms with Crippen LogP contribution >= 0.6 is 11.6 Å². The van der Waals surface area contributed by atoms with Crippen LogP contribution in [-0.2, 0) is 9.59 Å². The van der Waals surface area contributed by atoms with Crippen molar-refractivity contribution in [1.82, 2.24) is 0 Å². The topological polar surface area (TPSA) is 49.9 Å². The van der Waals surface area contributed by atoms with E-state index in [9.17, 15) is 9.59 Å². The van der Waals surface area contributed by atoms with E-state index in [4.69, 9.17) is 16.3 Å². The Balaban J connectivity index is 1.91. The van der Waals surface area contributed by atoms with Gasteiger partial charge in [-0.15, -0.1) is 0 Å². The lowest BCUT2D eigenvalue weighted by molar-refractivity contribution is -0.120. The summed E-state index contributed by atoms with van der Waals surface area (Å²) in [6, 6.07) is 23.5. The fourth-order valence-electron chi connectivity index (χ4n) is 3.72. The van der Waals surface area contributed by atoms with Gasteiger partial charge in [-0.2, -0.15) is 0 Å². The van der Waals surface area contributed by atoms with Crippen LogP contribution in [0.4, 0.5) is 11.4 Å². The number of anilines is 2. The summed E-state index contributed by atoms with van der Waals surface area (Å²) in [6.07, 6.45) is 0. The molecule has 0 saturated carbocycles. The number of likely N-dealkylation sites (N-methyl/N-ethyl adjacent to an activating group) is 1. The lowest BCUT2D eigenvalue weighted by Crippen LogP contribution is -2.35. The maximum absolute atomic E-state index is 13.7. The van der Waals surface area contributed by atoms with Crippen molar-refractivity contribution in [2.24, 2.45) is 0 Å². The number of carbonyl (C=O) groups is 2. The first-order valence-corrected chi connectivity index (χ1v) is 10.3. The molecule has 1 aliphatic rings. The van der Waals surface area contributed by atoms with E-state index in [1.807, 2.05) is 42.2 Å². The molecule has 0 fully saturated rings. The van der Waals surface area contributed by atoms with Crippen molar-refractivity contribution < 1.29 is 14.3 Å². The highest BCUT2D eigenvalue weighted by atomic mass is 35.5. The first-order valence-electron chi connectivity index (χ1n) is 9.91. The molecule has 6 heteroatoms. The summed E-state index contributed by atoms with van der Waals surface area (Å²) in [5, 5.41) is 0.335. The summed E-state index contributed by atoms with van der Waals surface area (Å²) in [7, 11) is 1.58. The van der Waals surface area contributed by atoms with E-state index in [1.54, 1.807) is 55.6 Å². The standard InChI is InChI=1S/C25H21ClN2O3/c1-3-27(18-9-5-4-6-10-18)23-22(17-13-15-19(31-2)16-14-17)24(29)28(25(23)30)21-12-8-7-11-20(21)26/h4-16H,3H2,1-2H3. The number of para-hydroxylation sites is 2. The van der Waals surface area contributed by atoms with Gasteiger partial charge in [0.05, 0.1) is 23.4 Å². The number of halogens is 1. The Morgan fingerprint density at radius 1 is 0.871 bits per heavy atom. The number of hydrogen-bond donors (Lipinski definition) is 0. The number of benzene rings is 3. The molecule has 0 bridgehead atoms. The van der Waals surface area contributed by atoms with E-state index in [0.29, 0.717) is 39.8 Å². The first kappa shape index (κ1) is 20.7. The summed E-state index contributed by atoms with van der Waals surface area (Å²) in [4.78, 5) is 30.3. The molecule has 0 radical (unpaired) electrons. The zero-order chi connectivity index (χ0) is 22.0. The van der Waals surface area contributed by atoms with Crippen molar-refractivity contribution in [3.05, 3.63) is 95.1 Å². The minimum atomic E-state index is -0.410. The van der Waals surface area contributed by atoms with Crippen LogP contribution in [0.15, 0.2) is 84.6 Å². The van der Waals surface area contributed by atoms with E-state index < -0.39 is 11.8 Å². The van der Waals surface area contributed by atoms with Crippen molar-refractivity contribution in [3.8, 4) is 5.75 Å². The third-order valence-electron chi connectivity index (χ3n) is 5.19. The molecular formula is C25H21ClN2O3. The zero-order valence-corrected chi connectivity index (χ0v) is 18.0. The first-order chi connectivity index (χ1) is 15.1. The molecular weight excluding hydrogens is 412 g/mol. The number of amides is 2. The van der Waals surface area contributed by atoms with Crippen molar-refractivity contribution in [1.29, 1.82) is 0 Å². The molecule has 0 unspecified atom stereocenters. The van der Waals surface area contributed by atoms with Gasteiger partial charge in [0, 0.05) is 12.2 Å². The molecule has 0 saturated heterocycles. The predicted octanol–water partition coefficient (Wildman–Crippen LogP) is 5.16. The minimum absolute atomic E-state index is 0.323. The van der Waals surface area contributed by atoms with E-state index in [2.05, 4.69) is 0 Å². The average molecular weight is 433 g/mol. The van der Waals surface area contributed by atoms with E-state index in [-0.39, 0.29) is 0 Å². The Hall–Kier alpha value is -3.57. The van der Waals surface area contributed by atoms with Gasteiger partial charge >= 0.3 is 0 Å². The van der Waals surface area contributed by atoms with E-state index >= 15 is 0 Å². The van der Waals surface area contributed by atoms with Crippen LogP contribution in [0.3, 0.4) is 0 Å². The van der Waals surface area contributed by atoms with Crippen molar-refractivity contribution in [2.75, 3.05) is 23.5 Å². The molecule has 3 aromatic carbocycles. The second-order valence-electron chi connectivity index (χ2n) is 6.93. The maximum atomic E-state index is 13.7. The number of nitrogens with zero attached hydrogens (tertiary/aromatic N) is 2. The van der Waals surface area contributed by atoms with Gasteiger partial charge in [0.15, 0.2) is 0 Å². The molecule has 0 spiro atoms. The molecule has 0 atom stereocenters. The van der Waals surface area contributed by atoms with Gasteiger partial charge in [0.1, 0.15) is 11.4 Å². The second-order valence-corrected chi connectivity index (χ2v) is 7.34. The highest BCUT2D eigenvalue weighted by molar-refractivity contribution is 6.48. The zero-order valence-electron chi connectivity index (χ0n) is 17.2. The predicted molar refractivity (Wildman–Crippen MR) is 123 cm³/mol. The summed E-state index contributed by atoms with van der Waals surface area (Å²) in [5.41, 5.74) is 2.48. The van der Waals surface area contributed by atoms with Crippen LogP contribution in [0.1, 0.15) is 12.5 Å². The average Bonchev–Trinajstić information content (AvgIpc) is 3.05. The number of methoxy groups -OCH3 is 1. The lowest BCUT2D eigenvalue weighted by Gasteiger charge is -2.25. The molecule has 0 aliphatic carbocycles. The Kier molecular flexibility index (Phi) is 5.78. The summed E-state index contributed by atoms with van der Waals surface area (Å²) < 4.78 is 5.24. The van der Waals surface area contributed by atoms with E-state index in [1.165, 1.54) is 0 Å². The Morgan fingerprint density at radius 2 is 1.52 bits per heavy atom. The van der Waals surface area contributed by atoms with Crippen LogP contribution < -0.4 is 14.5 Å². The smallest absolute Gasteiger partial charge is 0.282 e. The Morgan fingerprint density at radius 3 is 2.13 bits per heavy atom. The molecule has 3 aromatic rings. The third kappa shape index (κ3) is 3.68. The van der Waals surface area contributed by atoms with Gasteiger partial charge in [-0.05, 0) is 48.9 Å². The van der Waals surface area contributed by atoms with Crippen LogP contribution in [-0.4, -0.2) is 25.5 Å². The van der Waals surface area contributed by atoms with Gasteiger partial charge < -0.3 is 9.64 Å². The molecule has 0 N–H and O–H groups in total. The lowest BCUT2D eigenvalue weighted by atomic mass is 10.0. The summed E-state index contributed by atoms with van der Waals surface area (Å²) >= 11 is 6.35. The van der Waals surface area contributed by atoms with Crippen molar-refractivity contribution in [3.63, 3.8) is 0 Å². The van der Waals surface area contributed by atoms with Gasteiger partial charge in [0.2, 0.25) is 0 Å². The highest BCUT2D eigenvalue weighted by Gasteiger charge is 2.43. The number of imide groups is 1. The largest absolute Gasteiger partial charge is 0.497 e. The quantitative estimate of drug-likeness (QED) is 0.505. The van der Waals surface area contributed by atoms with Gasteiger partial charge in [-0.1, -0.05) is 54.1 Å². The molecule has 1 aliphatic heterocycles. The van der Waals surface area contributed by atoms with Gasteiger partial charge in [0.25, 0.3) is 11.8 Å². The minimum Gasteiger partial charge on any atom is -0.497 e. The molecule has 31 heavy (non-hydrogen) atoms. The van der Waals surface area contributed by atoms with Crippen molar-refractivity contribution >= 4 is 40.4 Å². The number of carbonyl (C=O) groups excluding carboxylic acids is 2. The fourth-order valence-corrected chi connectivity index (χ4v) is 3.94. The number of hydrogen-bond acceptors (Lipinski definition) is 4. The normalized spacial score (nSPS) is 13.7. The molecule has 2 amide bonds. The molecule has 1 heterocycles. The van der Waals surface area contributed by atoms with Crippen LogP contribution in [0, 0.1) is 0 Å². The highest BCUT2D eigenvalue weighted by Crippen LogP contribution is 2.39. The summed E-state index contributed by atoms with van der Waals surface area (Å²) in [5.74, 6) is -0.150. The fraction of sp³-hybridized carbons (Fsp3) is 0.120. The SMILES string of the molecule is CCN(C1=C(c2ccc(OC)cc2)C(=O)N(c2ccccc2Cl)C1=O)c1ccccc1. The molecule has 5 nitrogen and oxygen atoms in total. The Bertz CT molecular complexity index is 1160. The molecule has 4 rings (SSSR count). The van der Waals surface area contributed by atoms with Gasteiger partial charge in [-0.3, -0.25) is 9.59 Å². The van der Waals surface area contributed by atoms with Gasteiger partial charge in [-0.25, -0.2) is 4.90 Å². The van der Waals surface area contributed by atoms with Crippen LogP contribution in [0.2, 0.25) is 5.02 Å². The Labute approximate surface area is 186 Å². The number of rotatable bonds is 6. The number of ether oxygens (including phenoxy) is 1. The monoisotopic (exact) mass is 432 g/mol. The summed E-state index contributed by atoms with van der Waals surface area (Å²) in [6.45, 7) is 2.45. The molecule has 0 aromatic heterocycles. The van der Waals surface area contributed by atoms with Crippen LogP contribution in [0.5, 0.6) is 5.75 Å². The van der Waals surface area contributed by atoms with Crippen molar-refractivity contribution in [2.45, 2.75) is 6.92 Å².